The van der Waals surface area contributed by atoms with Crippen LogP contribution in [0.1, 0.15) is 6.92 Å². The molecular weight excluding hydrogens is 164 g/mol. The van der Waals surface area contributed by atoms with E-state index in [0.29, 0.717) is 11.6 Å². The van der Waals surface area contributed by atoms with E-state index in [-0.39, 0.29) is 5.91 Å². The summed E-state index contributed by atoms with van der Waals surface area (Å²) in [6, 6.07) is 0. The van der Waals surface area contributed by atoms with Gasteiger partial charge in [0.15, 0.2) is 6.29 Å². The van der Waals surface area contributed by atoms with Gasteiger partial charge in [-0.05, 0) is 0 Å². The molecule has 11 heavy (non-hydrogen) atoms. The SMILES string of the molecule is CC(=O)NN1CSC=C1C=O. The first-order valence-electron chi connectivity index (χ1n) is 3.05. The molecule has 1 aliphatic heterocycles. The van der Waals surface area contributed by atoms with Crippen molar-refractivity contribution < 1.29 is 9.59 Å². The fourth-order valence-corrected chi connectivity index (χ4v) is 1.50. The third-order valence-electron chi connectivity index (χ3n) is 1.13. The summed E-state index contributed by atoms with van der Waals surface area (Å²) >= 11 is 1.47. The highest BCUT2D eigenvalue weighted by atomic mass is 32.2. The van der Waals surface area contributed by atoms with Crippen molar-refractivity contribution in [3.63, 3.8) is 0 Å². The average Bonchev–Trinajstić information content (AvgIpc) is 2.34. The summed E-state index contributed by atoms with van der Waals surface area (Å²) in [5.74, 6) is 0.438. The van der Waals surface area contributed by atoms with Gasteiger partial charge in [0.2, 0.25) is 5.91 Å². The monoisotopic (exact) mass is 172 g/mol. The fraction of sp³-hybridized carbons (Fsp3) is 0.333. The van der Waals surface area contributed by atoms with Crippen LogP contribution < -0.4 is 5.43 Å². The highest BCUT2D eigenvalue weighted by Crippen LogP contribution is 2.18. The molecule has 0 aromatic rings. The molecule has 1 heterocycles. The van der Waals surface area contributed by atoms with Gasteiger partial charge in [-0.1, -0.05) is 0 Å². The number of rotatable bonds is 2. The van der Waals surface area contributed by atoms with Crippen molar-refractivity contribution >= 4 is 24.0 Å². The van der Waals surface area contributed by atoms with Gasteiger partial charge in [-0.2, -0.15) is 0 Å². The number of allylic oxidation sites excluding steroid dienone is 1. The third kappa shape index (κ3) is 1.98. The van der Waals surface area contributed by atoms with Gasteiger partial charge in [0.05, 0.1) is 5.88 Å². The van der Waals surface area contributed by atoms with Crippen molar-refractivity contribution in [2.45, 2.75) is 6.92 Å². The van der Waals surface area contributed by atoms with Crippen molar-refractivity contribution in [1.82, 2.24) is 10.4 Å². The van der Waals surface area contributed by atoms with Crippen LogP contribution in [0, 0.1) is 0 Å². The Balaban J connectivity index is 2.53. The van der Waals surface area contributed by atoms with Crippen LogP contribution in [-0.2, 0) is 9.59 Å². The summed E-state index contributed by atoms with van der Waals surface area (Å²) in [6.45, 7) is 1.41. The Bertz CT molecular complexity index is 215. The highest BCUT2D eigenvalue weighted by molar-refractivity contribution is 8.02. The Morgan fingerprint density at radius 3 is 3.18 bits per heavy atom. The molecule has 0 aromatic carbocycles. The molecule has 4 nitrogen and oxygen atoms in total. The van der Waals surface area contributed by atoms with Gasteiger partial charge in [0.1, 0.15) is 5.70 Å². The van der Waals surface area contributed by atoms with E-state index < -0.39 is 0 Å². The first kappa shape index (κ1) is 8.13. The fourth-order valence-electron chi connectivity index (χ4n) is 0.714. The molecule has 0 aromatic heterocycles. The Morgan fingerprint density at radius 1 is 1.91 bits per heavy atom. The number of carbonyl (C=O) groups is 2. The number of hydrazine groups is 1. The molecule has 0 atom stereocenters. The second-order valence-electron chi connectivity index (χ2n) is 2.05. The Kier molecular flexibility index (Phi) is 2.53. The molecule has 1 N–H and O–H groups in total. The summed E-state index contributed by atoms with van der Waals surface area (Å²) in [7, 11) is 0. The molecule has 0 saturated carbocycles. The summed E-state index contributed by atoms with van der Waals surface area (Å²) in [4.78, 5) is 20.9. The van der Waals surface area contributed by atoms with E-state index in [1.807, 2.05) is 0 Å². The van der Waals surface area contributed by atoms with Gasteiger partial charge in [0, 0.05) is 12.3 Å². The molecule has 0 unspecified atom stereocenters. The van der Waals surface area contributed by atoms with Crippen LogP contribution in [0.3, 0.4) is 0 Å². The summed E-state index contributed by atoms with van der Waals surface area (Å²) in [5, 5.41) is 3.23. The molecular formula is C6H8N2O2S. The maximum atomic E-state index is 10.6. The number of amides is 1. The van der Waals surface area contributed by atoms with E-state index in [9.17, 15) is 9.59 Å². The van der Waals surface area contributed by atoms with Crippen LogP contribution in [0.5, 0.6) is 0 Å². The second-order valence-corrected chi connectivity index (χ2v) is 2.88. The number of nitrogens with zero attached hydrogens (tertiary/aromatic N) is 1. The van der Waals surface area contributed by atoms with Gasteiger partial charge in [-0.3, -0.25) is 20.0 Å². The number of hydrogen-bond donors (Lipinski definition) is 1. The van der Waals surface area contributed by atoms with Crippen LogP contribution in [0.15, 0.2) is 11.1 Å². The van der Waals surface area contributed by atoms with Crippen LogP contribution in [0.4, 0.5) is 0 Å². The summed E-state index contributed by atoms with van der Waals surface area (Å²) < 4.78 is 0. The lowest BCUT2D eigenvalue weighted by atomic mass is 10.5. The molecule has 1 aliphatic rings. The van der Waals surface area contributed by atoms with Crippen LogP contribution in [0.2, 0.25) is 0 Å². The molecule has 0 fully saturated rings. The number of hydrogen-bond acceptors (Lipinski definition) is 4. The normalized spacial score (nSPS) is 16.1. The molecule has 0 radical (unpaired) electrons. The Labute approximate surface area is 68.6 Å². The van der Waals surface area contributed by atoms with E-state index >= 15 is 0 Å². The maximum Gasteiger partial charge on any atom is 0.235 e. The van der Waals surface area contributed by atoms with Gasteiger partial charge >= 0.3 is 0 Å². The first-order chi connectivity index (χ1) is 5.24. The van der Waals surface area contributed by atoms with Crippen LogP contribution in [0.25, 0.3) is 0 Å². The predicted molar refractivity (Wildman–Crippen MR) is 42.3 cm³/mol. The topological polar surface area (TPSA) is 49.4 Å². The van der Waals surface area contributed by atoms with E-state index in [1.165, 1.54) is 23.7 Å². The van der Waals surface area contributed by atoms with E-state index in [2.05, 4.69) is 5.43 Å². The molecule has 60 valence electrons. The number of thioether (sulfide) groups is 1. The second kappa shape index (κ2) is 3.43. The summed E-state index contributed by atoms with van der Waals surface area (Å²) in [5.41, 5.74) is 3.02. The lowest BCUT2D eigenvalue weighted by Crippen LogP contribution is -2.38. The highest BCUT2D eigenvalue weighted by Gasteiger charge is 2.14. The largest absolute Gasteiger partial charge is 0.296 e. The van der Waals surface area contributed by atoms with E-state index in [4.69, 9.17) is 0 Å². The van der Waals surface area contributed by atoms with Crippen LogP contribution in [-0.4, -0.2) is 23.1 Å². The van der Waals surface area contributed by atoms with Gasteiger partial charge in [0.25, 0.3) is 0 Å². The lowest BCUT2D eigenvalue weighted by Gasteiger charge is -2.17. The molecule has 1 rings (SSSR count). The summed E-state index contributed by atoms with van der Waals surface area (Å²) in [6.07, 6.45) is 0.718. The van der Waals surface area contributed by atoms with Gasteiger partial charge < -0.3 is 0 Å². The number of nitrogens with one attached hydrogen (secondary N) is 1. The number of aldehydes is 1. The minimum atomic E-state index is -0.166. The molecule has 0 aliphatic carbocycles. The smallest absolute Gasteiger partial charge is 0.235 e. The average molecular weight is 172 g/mol. The third-order valence-corrected chi connectivity index (χ3v) is 1.95. The van der Waals surface area contributed by atoms with Gasteiger partial charge in [-0.25, -0.2) is 0 Å². The zero-order chi connectivity index (χ0) is 8.27. The standard InChI is InChI=1S/C6H8N2O2S/c1-5(10)7-8-4-11-3-6(8)2-9/h2-3H,4H2,1H3,(H,7,10). The maximum absolute atomic E-state index is 10.6. The minimum Gasteiger partial charge on any atom is -0.296 e. The Hall–Kier alpha value is -0.970. The quantitative estimate of drug-likeness (QED) is 0.599. The van der Waals surface area contributed by atoms with Crippen molar-refractivity contribution in [1.29, 1.82) is 0 Å². The molecule has 1 amide bonds. The van der Waals surface area contributed by atoms with Crippen molar-refractivity contribution in [2.24, 2.45) is 0 Å². The number of carbonyl (C=O) groups excluding carboxylic acids is 2. The predicted octanol–water partition coefficient (Wildman–Crippen LogP) is 0.0841. The van der Waals surface area contributed by atoms with E-state index in [0.717, 1.165) is 6.29 Å². The van der Waals surface area contributed by atoms with Crippen LogP contribution >= 0.6 is 11.8 Å². The van der Waals surface area contributed by atoms with Crippen molar-refractivity contribution in [2.75, 3.05) is 5.88 Å². The zero-order valence-electron chi connectivity index (χ0n) is 6.03. The zero-order valence-corrected chi connectivity index (χ0v) is 6.85. The molecule has 0 saturated heterocycles. The van der Waals surface area contributed by atoms with Crippen molar-refractivity contribution in [3.8, 4) is 0 Å². The van der Waals surface area contributed by atoms with Gasteiger partial charge in [-0.15, -0.1) is 11.8 Å². The minimum absolute atomic E-state index is 0.166. The molecule has 0 spiro atoms. The molecule has 0 bridgehead atoms. The lowest BCUT2D eigenvalue weighted by molar-refractivity contribution is -0.122. The Morgan fingerprint density at radius 2 is 2.64 bits per heavy atom. The molecule has 5 heteroatoms. The van der Waals surface area contributed by atoms with E-state index in [1.54, 1.807) is 5.41 Å². The van der Waals surface area contributed by atoms with Crippen molar-refractivity contribution in [3.05, 3.63) is 11.1 Å². The first-order valence-corrected chi connectivity index (χ1v) is 4.10.